The van der Waals surface area contributed by atoms with Crippen molar-refractivity contribution in [2.75, 3.05) is 5.32 Å². The van der Waals surface area contributed by atoms with Gasteiger partial charge in [0.05, 0.1) is 8.49 Å². The van der Waals surface area contributed by atoms with Gasteiger partial charge in [-0.15, -0.1) is 0 Å². The normalized spacial score (nSPS) is 10.2. The second kappa shape index (κ2) is 6.33. The molecule has 4 nitrogen and oxygen atoms in total. The van der Waals surface area contributed by atoms with E-state index in [4.69, 9.17) is 0 Å². The zero-order chi connectivity index (χ0) is 13.8. The third kappa shape index (κ3) is 3.66. The van der Waals surface area contributed by atoms with E-state index in [-0.39, 0.29) is 10.6 Å². The SMILES string of the molecule is O=[N+]([O-])c1ccc(NCc2ccccc2Br)cc1I. The molecule has 6 heteroatoms. The van der Waals surface area contributed by atoms with E-state index < -0.39 is 0 Å². The summed E-state index contributed by atoms with van der Waals surface area (Å²) >= 11 is 5.46. The number of hydrogen-bond donors (Lipinski definition) is 1. The molecule has 2 aromatic rings. The summed E-state index contributed by atoms with van der Waals surface area (Å²) in [7, 11) is 0. The molecule has 0 aliphatic heterocycles. The van der Waals surface area contributed by atoms with Gasteiger partial charge in [0, 0.05) is 22.8 Å². The van der Waals surface area contributed by atoms with E-state index in [1.165, 1.54) is 6.07 Å². The van der Waals surface area contributed by atoms with Crippen LogP contribution in [-0.2, 0) is 6.54 Å². The largest absolute Gasteiger partial charge is 0.381 e. The predicted octanol–water partition coefficient (Wildman–Crippen LogP) is 4.57. The standard InChI is InChI=1S/C13H10BrIN2O2/c14-11-4-2-1-3-9(11)8-16-10-5-6-13(17(18)19)12(15)7-10/h1-7,16H,8H2. The summed E-state index contributed by atoms with van der Waals surface area (Å²) < 4.78 is 1.67. The molecule has 0 saturated heterocycles. The molecule has 0 aromatic heterocycles. The fourth-order valence-corrected chi connectivity index (χ4v) is 2.74. The van der Waals surface area contributed by atoms with E-state index in [2.05, 4.69) is 21.2 Å². The van der Waals surface area contributed by atoms with E-state index in [1.807, 2.05) is 46.9 Å². The first-order valence-corrected chi connectivity index (χ1v) is 7.36. The summed E-state index contributed by atoms with van der Waals surface area (Å²) in [4.78, 5) is 10.4. The highest BCUT2D eigenvalue weighted by molar-refractivity contribution is 14.1. The number of anilines is 1. The van der Waals surface area contributed by atoms with Crippen LogP contribution in [0.1, 0.15) is 5.56 Å². The molecule has 0 saturated carbocycles. The van der Waals surface area contributed by atoms with Crippen LogP contribution >= 0.6 is 38.5 Å². The molecule has 0 aliphatic rings. The van der Waals surface area contributed by atoms with Crippen LogP contribution in [0.4, 0.5) is 11.4 Å². The summed E-state index contributed by atoms with van der Waals surface area (Å²) in [5, 5.41) is 14.0. The first-order valence-electron chi connectivity index (χ1n) is 5.49. The maximum Gasteiger partial charge on any atom is 0.282 e. The smallest absolute Gasteiger partial charge is 0.282 e. The van der Waals surface area contributed by atoms with Crippen molar-refractivity contribution in [1.82, 2.24) is 0 Å². The van der Waals surface area contributed by atoms with Crippen LogP contribution in [0.25, 0.3) is 0 Å². The van der Waals surface area contributed by atoms with Crippen LogP contribution in [0, 0.1) is 13.7 Å². The lowest BCUT2D eigenvalue weighted by atomic mass is 10.2. The Morgan fingerprint density at radius 2 is 2.00 bits per heavy atom. The van der Waals surface area contributed by atoms with Gasteiger partial charge in [0.15, 0.2) is 0 Å². The van der Waals surface area contributed by atoms with Gasteiger partial charge in [0.25, 0.3) is 5.69 Å². The molecule has 0 unspecified atom stereocenters. The molecule has 0 amide bonds. The van der Waals surface area contributed by atoms with Gasteiger partial charge in [0.2, 0.25) is 0 Å². The highest BCUT2D eigenvalue weighted by Gasteiger charge is 2.11. The molecule has 2 rings (SSSR count). The van der Waals surface area contributed by atoms with E-state index in [0.717, 1.165) is 15.7 Å². The van der Waals surface area contributed by atoms with Crippen LogP contribution in [0.2, 0.25) is 0 Å². The first kappa shape index (κ1) is 14.3. The Bertz CT molecular complexity index is 619. The maximum absolute atomic E-state index is 10.7. The molecule has 2 aromatic carbocycles. The van der Waals surface area contributed by atoms with Crippen molar-refractivity contribution in [3.8, 4) is 0 Å². The number of benzene rings is 2. The Balaban J connectivity index is 2.11. The molecular weight excluding hydrogens is 423 g/mol. The van der Waals surface area contributed by atoms with E-state index in [1.54, 1.807) is 12.1 Å². The van der Waals surface area contributed by atoms with Crippen molar-refractivity contribution in [1.29, 1.82) is 0 Å². The number of nitro groups is 1. The number of nitrogens with zero attached hydrogens (tertiary/aromatic N) is 1. The van der Waals surface area contributed by atoms with Crippen LogP contribution in [0.15, 0.2) is 46.9 Å². The predicted molar refractivity (Wildman–Crippen MR) is 87.3 cm³/mol. The van der Waals surface area contributed by atoms with Crippen molar-refractivity contribution < 1.29 is 4.92 Å². The Labute approximate surface area is 132 Å². The van der Waals surface area contributed by atoms with Gasteiger partial charge < -0.3 is 5.32 Å². The van der Waals surface area contributed by atoms with Crippen LogP contribution in [0.5, 0.6) is 0 Å². The maximum atomic E-state index is 10.7. The van der Waals surface area contributed by atoms with Crippen LogP contribution in [-0.4, -0.2) is 4.92 Å². The van der Waals surface area contributed by atoms with Crippen molar-refractivity contribution in [3.05, 3.63) is 66.2 Å². The topological polar surface area (TPSA) is 55.2 Å². The second-order valence-electron chi connectivity index (χ2n) is 3.87. The molecule has 0 aliphatic carbocycles. The lowest BCUT2D eigenvalue weighted by Crippen LogP contribution is -2.01. The van der Waals surface area contributed by atoms with Gasteiger partial charge in [-0.3, -0.25) is 10.1 Å². The third-order valence-corrected chi connectivity index (χ3v) is 4.22. The molecule has 0 atom stereocenters. The number of halogens is 2. The molecule has 0 spiro atoms. The van der Waals surface area contributed by atoms with Gasteiger partial charge in [-0.25, -0.2) is 0 Å². The van der Waals surface area contributed by atoms with Crippen LogP contribution < -0.4 is 5.32 Å². The lowest BCUT2D eigenvalue weighted by molar-refractivity contribution is -0.385. The molecule has 98 valence electrons. The Morgan fingerprint density at radius 3 is 2.63 bits per heavy atom. The lowest BCUT2D eigenvalue weighted by Gasteiger charge is -2.08. The molecule has 0 heterocycles. The number of nitrogens with one attached hydrogen (secondary N) is 1. The summed E-state index contributed by atoms with van der Waals surface area (Å²) in [6.07, 6.45) is 0. The Morgan fingerprint density at radius 1 is 1.26 bits per heavy atom. The summed E-state index contributed by atoms with van der Waals surface area (Å²) in [5.74, 6) is 0. The summed E-state index contributed by atoms with van der Waals surface area (Å²) in [6, 6.07) is 12.9. The molecular formula is C13H10BrIN2O2. The molecule has 0 bridgehead atoms. The van der Waals surface area contributed by atoms with Gasteiger partial charge >= 0.3 is 0 Å². The van der Waals surface area contributed by atoms with Crippen molar-refractivity contribution >= 4 is 49.9 Å². The minimum Gasteiger partial charge on any atom is -0.381 e. The van der Waals surface area contributed by atoms with E-state index in [0.29, 0.717) is 10.1 Å². The third-order valence-electron chi connectivity index (χ3n) is 2.59. The van der Waals surface area contributed by atoms with Gasteiger partial charge in [-0.2, -0.15) is 0 Å². The van der Waals surface area contributed by atoms with Crippen LogP contribution in [0.3, 0.4) is 0 Å². The zero-order valence-electron chi connectivity index (χ0n) is 9.77. The first-order chi connectivity index (χ1) is 9.08. The second-order valence-corrected chi connectivity index (χ2v) is 5.88. The summed E-state index contributed by atoms with van der Waals surface area (Å²) in [5.41, 5.74) is 2.13. The average Bonchev–Trinajstić information content (AvgIpc) is 2.37. The Kier molecular flexibility index (Phi) is 4.76. The highest BCUT2D eigenvalue weighted by Crippen LogP contribution is 2.25. The minimum atomic E-state index is -0.376. The Hall–Kier alpha value is -1.15. The number of hydrogen-bond acceptors (Lipinski definition) is 3. The van der Waals surface area contributed by atoms with E-state index >= 15 is 0 Å². The number of nitro benzene ring substituents is 1. The summed E-state index contributed by atoms with van der Waals surface area (Å²) in [6.45, 7) is 0.662. The van der Waals surface area contributed by atoms with Gasteiger partial charge in [-0.05, 0) is 46.4 Å². The molecule has 1 N–H and O–H groups in total. The zero-order valence-corrected chi connectivity index (χ0v) is 13.5. The number of rotatable bonds is 4. The average molecular weight is 433 g/mol. The van der Waals surface area contributed by atoms with E-state index in [9.17, 15) is 10.1 Å². The van der Waals surface area contributed by atoms with Crippen molar-refractivity contribution in [3.63, 3.8) is 0 Å². The molecule has 19 heavy (non-hydrogen) atoms. The fourth-order valence-electron chi connectivity index (χ4n) is 1.60. The van der Waals surface area contributed by atoms with Gasteiger partial charge in [-0.1, -0.05) is 34.1 Å². The monoisotopic (exact) mass is 432 g/mol. The van der Waals surface area contributed by atoms with Gasteiger partial charge in [0.1, 0.15) is 0 Å². The van der Waals surface area contributed by atoms with Crippen molar-refractivity contribution in [2.24, 2.45) is 0 Å². The highest BCUT2D eigenvalue weighted by atomic mass is 127. The fraction of sp³-hybridized carbons (Fsp3) is 0.0769. The molecule has 0 fully saturated rings. The quantitative estimate of drug-likeness (QED) is 0.437. The minimum absolute atomic E-state index is 0.132. The van der Waals surface area contributed by atoms with Crippen molar-refractivity contribution in [2.45, 2.75) is 6.54 Å². The molecule has 0 radical (unpaired) electrons.